The molecule has 0 saturated heterocycles. The molecule has 3 rings (SSSR count). The summed E-state index contributed by atoms with van der Waals surface area (Å²) < 4.78 is 0. The Hall–Kier alpha value is -1.54. The van der Waals surface area contributed by atoms with Crippen molar-refractivity contribution in [2.45, 2.75) is 32.6 Å². The third kappa shape index (κ3) is 2.29. The molecular formula is C17H19ClN2. The quantitative estimate of drug-likeness (QED) is 0.755. The van der Waals surface area contributed by atoms with Crippen molar-refractivity contribution in [3.8, 4) is 0 Å². The molecule has 0 aliphatic carbocycles. The molecule has 20 heavy (non-hydrogen) atoms. The summed E-state index contributed by atoms with van der Waals surface area (Å²) in [7, 11) is 0. The van der Waals surface area contributed by atoms with Crippen molar-refractivity contribution in [2.75, 3.05) is 11.4 Å². The number of nitrogens with zero attached hydrogens (tertiary/aromatic N) is 2. The molecule has 0 bridgehead atoms. The number of hydrogen-bond donors (Lipinski definition) is 0. The minimum absolute atomic E-state index is 0.507. The van der Waals surface area contributed by atoms with Crippen LogP contribution in [0.25, 0.3) is 0 Å². The molecular weight excluding hydrogens is 268 g/mol. The minimum atomic E-state index is 0.507. The molecule has 104 valence electrons. The van der Waals surface area contributed by atoms with Crippen LogP contribution >= 0.6 is 11.6 Å². The Bertz CT molecular complexity index is 637. The van der Waals surface area contributed by atoms with Gasteiger partial charge in [0.1, 0.15) is 5.82 Å². The zero-order valence-corrected chi connectivity index (χ0v) is 12.7. The predicted molar refractivity (Wildman–Crippen MR) is 85.0 cm³/mol. The summed E-state index contributed by atoms with van der Waals surface area (Å²) in [5.74, 6) is 1.54. The van der Waals surface area contributed by atoms with Crippen LogP contribution in [-0.4, -0.2) is 11.5 Å². The molecule has 0 unspecified atom stereocenters. The first-order valence-corrected chi connectivity index (χ1v) is 7.62. The van der Waals surface area contributed by atoms with Gasteiger partial charge in [-0.15, -0.1) is 11.6 Å². The molecule has 0 saturated carbocycles. The lowest BCUT2D eigenvalue weighted by atomic mass is 10.0. The van der Waals surface area contributed by atoms with Gasteiger partial charge >= 0.3 is 0 Å². The molecule has 1 aromatic carbocycles. The lowest BCUT2D eigenvalue weighted by molar-refractivity contribution is 0.755. The van der Waals surface area contributed by atoms with Gasteiger partial charge in [0.05, 0.1) is 5.88 Å². The van der Waals surface area contributed by atoms with Gasteiger partial charge in [0.25, 0.3) is 0 Å². The molecule has 1 aromatic heterocycles. The number of anilines is 2. The average Bonchev–Trinajstić information content (AvgIpc) is 2.46. The highest BCUT2D eigenvalue weighted by Gasteiger charge is 2.22. The van der Waals surface area contributed by atoms with Crippen molar-refractivity contribution in [2.24, 2.45) is 0 Å². The first-order chi connectivity index (χ1) is 9.70. The topological polar surface area (TPSA) is 16.1 Å². The summed E-state index contributed by atoms with van der Waals surface area (Å²) in [4.78, 5) is 7.10. The zero-order valence-electron chi connectivity index (χ0n) is 12.0. The highest BCUT2D eigenvalue weighted by atomic mass is 35.5. The number of aromatic nitrogens is 1. The van der Waals surface area contributed by atoms with E-state index in [-0.39, 0.29) is 0 Å². The molecule has 3 heteroatoms. The van der Waals surface area contributed by atoms with E-state index in [4.69, 9.17) is 16.6 Å². The van der Waals surface area contributed by atoms with Crippen LogP contribution in [0, 0.1) is 13.8 Å². The second kappa shape index (κ2) is 5.45. The van der Waals surface area contributed by atoms with Gasteiger partial charge in [-0.25, -0.2) is 4.98 Å². The number of para-hydroxylation sites is 1. The Morgan fingerprint density at radius 3 is 2.85 bits per heavy atom. The Labute approximate surface area is 125 Å². The average molecular weight is 287 g/mol. The summed E-state index contributed by atoms with van der Waals surface area (Å²) >= 11 is 6.17. The maximum atomic E-state index is 6.17. The normalized spacial score (nSPS) is 14.2. The molecule has 0 fully saturated rings. The van der Waals surface area contributed by atoms with E-state index < -0.39 is 0 Å². The molecule has 0 atom stereocenters. The zero-order chi connectivity index (χ0) is 14.1. The summed E-state index contributed by atoms with van der Waals surface area (Å²) in [5.41, 5.74) is 6.11. The van der Waals surface area contributed by atoms with Gasteiger partial charge in [-0.2, -0.15) is 0 Å². The van der Waals surface area contributed by atoms with E-state index >= 15 is 0 Å². The molecule has 0 spiro atoms. The number of benzene rings is 1. The van der Waals surface area contributed by atoms with Gasteiger partial charge in [-0.1, -0.05) is 18.2 Å². The summed E-state index contributed by atoms with van der Waals surface area (Å²) in [6, 6.07) is 10.7. The number of halogens is 1. The van der Waals surface area contributed by atoms with Crippen LogP contribution in [0.1, 0.15) is 28.8 Å². The molecule has 2 heterocycles. The van der Waals surface area contributed by atoms with Gasteiger partial charge in [0, 0.05) is 23.5 Å². The lowest BCUT2D eigenvalue weighted by Crippen LogP contribution is -2.26. The third-order valence-electron chi connectivity index (χ3n) is 3.95. The first kappa shape index (κ1) is 13.4. The molecule has 2 nitrogen and oxygen atoms in total. The van der Waals surface area contributed by atoms with Gasteiger partial charge in [-0.05, 0) is 49.9 Å². The maximum absolute atomic E-state index is 6.17. The van der Waals surface area contributed by atoms with E-state index in [9.17, 15) is 0 Å². The fraction of sp³-hybridized carbons (Fsp3) is 0.353. The van der Waals surface area contributed by atoms with Crippen LogP contribution in [-0.2, 0) is 12.3 Å². The maximum Gasteiger partial charge on any atom is 0.137 e. The van der Waals surface area contributed by atoms with Crippen LogP contribution in [0.4, 0.5) is 11.5 Å². The van der Waals surface area contributed by atoms with Crippen LogP contribution in [0.2, 0.25) is 0 Å². The number of alkyl halides is 1. The summed E-state index contributed by atoms with van der Waals surface area (Å²) in [6.45, 7) is 5.17. The van der Waals surface area contributed by atoms with Crippen LogP contribution in [0.5, 0.6) is 0 Å². The molecule has 0 N–H and O–H groups in total. The number of hydrogen-bond acceptors (Lipinski definition) is 2. The second-order valence-corrected chi connectivity index (χ2v) is 5.67. The Morgan fingerprint density at radius 2 is 2.05 bits per heavy atom. The van der Waals surface area contributed by atoms with Crippen molar-refractivity contribution in [3.05, 3.63) is 52.7 Å². The van der Waals surface area contributed by atoms with Crippen molar-refractivity contribution < 1.29 is 0 Å². The van der Waals surface area contributed by atoms with E-state index in [1.807, 2.05) is 6.92 Å². The number of rotatable bonds is 2. The van der Waals surface area contributed by atoms with Crippen molar-refractivity contribution in [1.82, 2.24) is 4.98 Å². The first-order valence-electron chi connectivity index (χ1n) is 7.09. The van der Waals surface area contributed by atoms with Crippen molar-refractivity contribution >= 4 is 23.1 Å². The van der Waals surface area contributed by atoms with E-state index in [0.717, 1.165) is 36.5 Å². The number of pyridine rings is 1. The summed E-state index contributed by atoms with van der Waals surface area (Å²) in [5, 5.41) is 0. The highest BCUT2D eigenvalue weighted by molar-refractivity contribution is 6.17. The largest absolute Gasteiger partial charge is 0.326 e. The Balaban J connectivity index is 2.15. The monoisotopic (exact) mass is 286 g/mol. The van der Waals surface area contributed by atoms with Gasteiger partial charge in [0.2, 0.25) is 0 Å². The van der Waals surface area contributed by atoms with Crippen LogP contribution in [0.3, 0.4) is 0 Å². The lowest BCUT2D eigenvalue weighted by Gasteiger charge is -2.32. The van der Waals surface area contributed by atoms with Gasteiger partial charge in [-0.3, -0.25) is 0 Å². The number of fused-ring (bicyclic) bond motifs is 1. The molecule has 1 aliphatic heterocycles. The molecule has 1 aliphatic rings. The Kier molecular flexibility index (Phi) is 3.66. The Morgan fingerprint density at radius 1 is 1.25 bits per heavy atom. The SMILES string of the molecule is Cc1cc(C)c(CCl)c(N2CCCc3ccccc32)n1. The van der Waals surface area contributed by atoms with E-state index in [1.54, 1.807) is 0 Å². The van der Waals surface area contributed by atoms with E-state index in [0.29, 0.717) is 5.88 Å². The van der Waals surface area contributed by atoms with Gasteiger partial charge < -0.3 is 4.90 Å². The standard InChI is InChI=1S/C17H19ClN2/c1-12-10-13(2)19-17(15(12)11-18)20-9-5-7-14-6-3-4-8-16(14)20/h3-4,6,8,10H,5,7,9,11H2,1-2H3. The third-order valence-corrected chi connectivity index (χ3v) is 4.22. The second-order valence-electron chi connectivity index (χ2n) is 5.40. The van der Waals surface area contributed by atoms with Crippen LogP contribution in [0.15, 0.2) is 30.3 Å². The van der Waals surface area contributed by atoms with Crippen molar-refractivity contribution in [3.63, 3.8) is 0 Å². The summed E-state index contributed by atoms with van der Waals surface area (Å²) in [6.07, 6.45) is 2.31. The predicted octanol–water partition coefficient (Wildman–Crippen LogP) is 4.52. The van der Waals surface area contributed by atoms with Gasteiger partial charge in [0.15, 0.2) is 0 Å². The fourth-order valence-electron chi connectivity index (χ4n) is 2.99. The van der Waals surface area contributed by atoms with E-state index in [2.05, 4.69) is 42.2 Å². The van der Waals surface area contributed by atoms with Crippen LogP contribution < -0.4 is 4.90 Å². The molecule has 2 aromatic rings. The molecule has 0 amide bonds. The highest BCUT2D eigenvalue weighted by Crippen LogP contribution is 2.35. The van der Waals surface area contributed by atoms with Crippen molar-refractivity contribution in [1.29, 1.82) is 0 Å². The smallest absolute Gasteiger partial charge is 0.137 e. The molecule has 0 radical (unpaired) electrons. The minimum Gasteiger partial charge on any atom is -0.326 e. The van der Waals surface area contributed by atoms with E-state index in [1.165, 1.54) is 16.8 Å². The number of aryl methyl sites for hydroxylation is 3. The fourth-order valence-corrected chi connectivity index (χ4v) is 3.32.